The average Bonchev–Trinajstić information content (AvgIpc) is 3.14. The summed E-state index contributed by atoms with van der Waals surface area (Å²) in [7, 11) is -2.89. The number of nitrogens with one attached hydrogen (secondary N) is 3. The molecule has 0 bridgehead atoms. The molecule has 0 unspecified atom stereocenters. The monoisotopic (exact) mass is 887 g/mol. The molecule has 20 nitrogen and oxygen atoms in total. The lowest BCUT2D eigenvalue weighted by atomic mass is 10.1. The van der Waals surface area contributed by atoms with E-state index in [9.17, 15) is 58.8 Å². The van der Waals surface area contributed by atoms with Gasteiger partial charge in [0.1, 0.15) is 18.6 Å². The Morgan fingerprint density at radius 2 is 1.08 bits per heavy atom. The topological polar surface area (TPSA) is 287 Å². The lowest BCUT2D eigenvalue weighted by Gasteiger charge is -2.52. The molecule has 1 heterocycles. The quantitative estimate of drug-likeness (QED) is 0.0936. The van der Waals surface area contributed by atoms with Crippen LogP contribution >= 0.6 is 10.4 Å². The number of hydrogen-bond donors (Lipinski definition) is 8. The molecule has 0 radical (unpaired) electrons. The SMILES string of the molecule is CC(C)(C)S(F)(c1ccc(C(=O)NC[C@@H](NC(=O)CC[C@@H](C(=O)O)N2CCN(CC(=O)O)CCN(CC(=O)O)CCN(CC(=O)O)CC2)C(=O)NCC(=O)O)cc1)C(C)(C)C. The third-order valence-corrected chi connectivity index (χ3v) is 14.3. The lowest BCUT2D eigenvalue weighted by Crippen LogP contribution is -2.54. The average molecular weight is 888 g/mol. The minimum absolute atomic E-state index is 0.0271. The van der Waals surface area contributed by atoms with Gasteiger partial charge in [0.15, 0.2) is 0 Å². The van der Waals surface area contributed by atoms with Crippen LogP contribution in [0.5, 0.6) is 0 Å². The summed E-state index contributed by atoms with van der Waals surface area (Å²) in [5.74, 6) is -8.62. The fraction of sp³-hybridized carbons (Fsp3) is 0.641. The van der Waals surface area contributed by atoms with E-state index in [4.69, 9.17) is 5.11 Å². The number of carbonyl (C=O) groups is 8. The van der Waals surface area contributed by atoms with Gasteiger partial charge in [0.05, 0.1) is 19.6 Å². The van der Waals surface area contributed by atoms with Crippen LogP contribution in [0.15, 0.2) is 29.2 Å². The van der Waals surface area contributed by atoms with Crippen LogP contribution in [0.1, 0.15) is 64.7 Å². The van der Waals surface area contributed by atoms with E-state index in [-0.39, 0.29) is 70.9 Å². The van der Waals surface area contributed by atoms with Crippen molar-refractivity contribution in [3.05, 3.63) is 29.8 Å². The summed E-state index contributed by atoms with van der Waals surface area (Å²) < 4.78 is 15.3. The van der Waals surface area contributed by atoms with Crippen molar-refractivity contribution in [2.45, 2.75) is 80.9 Å². The smallest absolute Gasteiger partial charge is 0.322 e. The molecule has 0 spiro atoms. The first-order valence-corrected chi connectivity index (χ1v) is 21.3. The van der Waals surface area contributed by atoms with Gasteiger partial charge in [0.2, 0.25) is 11.8 Å². The largest absolute Gasteiger partial charge is 0.480 e. The number of carboxylic acid groups (broad SMARTS) is 5. The third-order valence-electron chi connectivity index (χ3n) is 9.98. The highest BCUT2D eigenvalue weighted by atomic mass is 32.3. The fourth-order valence-electron chi connectivity index (χ4n) is 7.12. The number of carbonyl (C=O) groups excluding carboxylic acids is 3. The van der Waals surface area contributed by atoms with Crippen LogP contribution in [0, 0.1) is 0 Å². The Bertz CT molecular complexity index is 1680. The van der Waals surface area contributed by atoms with Crippen LogP contribution in [-0.4, -0.2) is 199 Å². The van der Waals surface area contributed by atoms with E-state index in [1.54, 1.807) is 17.0 Å². The predicted octanol–water partition coefficient (Wildman–Crippen LogP) is 0.456. The first kappa shape index (κ1) is 52.2. The minimum atomic E-state index is -2.89. The van der Waals surface area contributed by atoms with Crippen LogP contribution in [0.4, 0.5) is 3.89 Å². The van der Waals surface area contributed by atoms with Crippen LogP contribution in [0.2, 0.25) is 0 Å². The number of halogens is 1. The summed E-state index contributed by atoms with van der Waals surface area (Å²) in [6.07, 6.45) is -0.795. The van der Waals surface area contributed by atoms with Crippen molar-refractivity contribution in [2.24, 2.45) is 0 Å². The van der Waals surface area contributed by atoms with Gasteiger partial charge in [-0.3, -0.25) is 58.0 Å². The molecule has 2 atom stereocenters. The Hall–Kier alpha value is -4.90. The zero-order chi connectivity index (χ0) is 46.3. The summed E-state index contributed by atoms with van der Waals surface area (Å²) in [5.41, 5.74) is 0.126. The first-order valence-electron chi connectivity index (χ1n) is 19.7. The Labute approximate surface area is 356 Å². The molecule has 1 fully saturated rings. The van der Waals surface area contributed by atoms with Gasteiger partial charge < -0.3 is 41.5 Å². The maximum atomic E-state index is 16.7. The molecule has 8 N–H and O–H groups in total. The highest BCUT2D eigenvalue weighted by molar-refractivity contribution is 8.31. The summed E-state index contributed by atoms with van der Waals surface area (Å²) in [4.78, 5) is 105. The van der Waals surface area contributed by atoms with E-state index in [2.05, 4.69) is 16.0 Å². The third kappa shape index (κ3) is 16.8. The van der Waals surface area contributed by atoms with E-state index in [0.29, 0.717) is 4.90 Å². The molecular weight excluding hydrogens is 826 g/mol. The van der Waals surface area contributed by atoms with Crippen LogP contribution in [0.25, 0.3) is 0 Å². The first-order chi connectivity index (χ1) is 28.2. The Kier molecular flexibility index (Phi) is 20.0. The van der Waals surface area contributed by atoms with E-state index in [1.807, 2.05) is 41.5 Å². The second-order valence-electron chi connectivity index (χ2n) is 16.7. The summed E-state index contributed by atoms with van der Waals surface area (Å²) in [6, 6.07) is 3.13. The molecule has 1 aliphatic rings. The molecule has 61 heavy (non-hydrogen) atoms. The van der Waals surface area contributed by atoms with Gasteiger partial charge in [-0.2, -0.15) is 3.89 Å². The van der Waals surface area contributed by atoms with Crippen molar-refractivity contribution in [1.82, 2.24) is 35.6 Å². The molecule has 3 amide bonds. The number of nitrogens with zero attached hydrogens (tertiary/aromatic N) is 4. The van der Waals surface area contributed by atoms with Gasteiger partial charge >= 0.3 is 29.8 Å². The molecule has 1 aromatic carbocycles. The van der Waals surface area contributed by atoms with Crippen LogP contribution < -0.4 is 16.0 Å². The molecule has 0 aromatic heterocycles. The van der Waals surface area contributed by atoms with E-state index in [0.717, 1.165) is 0 Å². The second kappa shape index (κ2) is 23.4. The Morgan fingerprint density at radius 3 is 1.46 bits per heavy atom. The van der Waals surface area contributed by atoms with E-state index < -0.39 is 112 Å². The van der Waals surface area contributed by atoms with Crippen LogP contribution in [0.3, 0.4) is 0 Å². The zero-order valence-corrected chi connectivity index (χ0v) is 36.5. The van der Waals surface area contributed by atoms with Crippen LogP contribution in [-0.2, 0) is 33.6 Å². The maximum absolute atomic E-state index is 16.7. The van der Waals surface area contributed by atoms with Crippen molar-refractivity contribution >= 4 is 58.0 Å². The van der Waals surface area contributed by atoms with Crippen molar-refractivity contribution in [1.29, 1.82) is 0 Å². The molecule has 0 saturated carbocycles. The van der Waals surface area contributed by atoms with Crippen molar-refractivity contribution in [2.75, 3.05) is 85.1 Å². The molecule has 1 aromatic rings. The molecule has 2 rings (SSSR count). The normalized spacial score (nSPS) is 17.1. The number of carboxylic acids is 5. The molecule has 1 saturated heterocycles. The predicted molar refractivity (Wildman–Crippen MR) is 222 cm³/mol. The number of aliphatic carboxylic acids is 5. The number of benzene rings is 1. The standard InChI is InChI=1S/C39H62FN7O13S/c1-38(2,3)61(40,39(4,5)6)27-9-7-26(8-10-27)35(57)41-21-28(36(58)42-22-31(49)50)43-30(48)12-11-29(37(59)60)47-19-17-45(24-33(53)54)15-13-44(23-32(51)52)14-16-46(18-20-47)25-34(55)56/h7-10,28-29H,11-25H2,1-6H3,(H,41,57)(H,42,58)(H,43,48)(H,49,50)(H,51,52)(H,53,54)(H,55,56)(H,59,60)/t28-,29+/m1/s1. The van der Waals surface area contributed by atoms with Crippen molar-refractivity contribution < 1.29 is 67.8 Å². The van der Waals surface area contributed by atoms with E-state index in [1.165, 1.54) is 26.8 Å². The number of amides is 3. The highest BCUT2D eigenvalue weighted by Crippen LogP contribution is 2.73. The highest BCUT2D eigenvalue weighted by Gasteiger charge is 2.48. The minimum Gasteiger partial charge on any atom is -0.480 e. The van der Waals surface area contributed by atoms with Gasteiger partial charge in [-0.15, -0.1) is 0 Å². The second-order valence-corrected chi connectivity index (χ2v) is 20.7. The van der Waals surface area contributed by atoms with E-state index >= 15 is 3.89 Å². The maximum Gasteiger partial charge on any atom is 0.322 e. The Morgan fingerprint density at radius 1 is 0.656 bits per heavy atom. The van der Waals surface area contributed by atoms with Gasteiger partial charge in [0.25, 0.3) is 5.91 Å². The molecule has 1 aliphatic heterocycles. The zero-order valence-electron chi connectivity index (χ0n) is 35.6. The van der Waals surface area contributed by atoms with Gasteiger partial charge in [-0.25, -0.2) is 0 Å². The number of rotatable bonds is 19. The summed E-state index contributed by atoms with van der Waals surface area (Å²) >= 11 is 0. The summed E-state index contributed by atoms with van der Waals surface area (Å²) in [6.45, 7) is 8.83. The fourth-order valence-corrected chi connectivity index (χ4v) is 10.9. The lowest BCUT2D eigenvalue weighted by molar-refractivity contribution is -0.145. The van der Waals surface area contributed by atoms with Crippen molar-refractivity contribution in [3.63, 3.8) is 0 Å². The summed E-state index contributed by atoms with van der Waals surface area (Å²) in [5, 5.41) is 55.0. The van der Waals surface area contributed by atoms with Gasteiger partial charge in [0, 0.05) is 85.3 Å². The van der Waals surface area contributed by atoms with Gasteiger partial charge in [-0.1, -0.05) is 10.4 Å². The molecular formula is C39H62FN7O13S. The molecule has 0 aliphatic carbocycles. The number of hydrogen-bond acceptors (Lipinski definition) is 12. The van der Waals surface area contributed by atoms with Gasteiger partial charge in [-0.05, 0) is 72.2 Å². The molecule has 22 heteroatoms. The molecule has 344 valence electrons. The van der Waals surface area contributed by atoms with Crippen molar-refractivity contribution in [3.8, 4) is 0 Å². The Balaban J connectivity index is 2.27.